The number of benzene rings is 1. The van der Waals surface area contributed by atoms with Gasteiger partial charge in [-0.25, -0.2) is 9.59 Å². The van der Waals surface area contributed by atoms with Gasteiger partial charge in [-0.3, -0.25) is 0 Å². The summed E-state index contributed by atoms with van der Waals surface area (Å²) in [4.78, 5) is 24.8. The van der Waals surface area contributed by atoms with Gasteiger partial charge in [-0.05, 0) is 39.0 Å². The van der Waals surface area contributed by atoms with E-state index in [4.69, 9.17) is 24.7 Å². The Morgan fingerprint density at radius 3 is 2.34 bits per heavy atom. The van der Waals surface area contributed by atoms with Crippen LogP contribution in [0.15, 0.2) is 18.2 Å². The topological polar surface area (TPSA) is 121 Å². The van der Waals surface area contributed by atoms with Gasteiger partial charge in [0.05, 0.1) is 30.9 Å². The van der Waals surface area contributed by atoms with Gasteiger partial charge in [0.25, 0.3) is 0 Å². The molecule has 0 saturated heterocycles. The Bertz CT molecular complexity index is 932. The van der Waals surface area contributed by atoms with Gasteiger partial charge < -0.3 is 24.7 Å². The third kappa shape index (κ3) is 5.18. The third-order valence-corrected chi connectivity index (χ3v) is 4.77. The van der Waals surface area contributed by atoms with Crippen LogP contribution in [0.5, 0.6) is 11.5 Å². The van der Waals surface area contributed by atoms with Gasteiger partial charge >= 0.3 is 11.9 Å². The molecule has 0 amide bonds. The van der Waals surface area contributed by atoms with Crippen LogP contribution < -0.4 is 15.2 Å². The van der Waals surface area contributed by atoms with Crippen molar-refractivity contribution in [3.05, 3.63) is 39.8 Å². The van der Waals surface area contributed by atoms with E-state index in [0.29, 0.717) is 24.7 Å². The molecule has 0 aliphatic carbocycles. The molecule has 2 N–H and O–H groups in total. The number of anilines is 1. The number of carbonyl (C=O) groups excluding carboxylic acids is 2. The Morgan fingerprint density at radius 1 is 1.03 bits per heavy atom. The van der Waals surface area contributed by atoms with Crippen molar-refractivity contribution < 1.29 is 28.5 Å². The van der Waals surface area contributed by atoms with E-state index in [1.165, 1.54) is 6.07 Å². The molecule has 1 heterocycles. The fourth-order valence-corrected chi connectivity index (χ4v) is 3.42. The molecule has 2 aromatic rings. The molecule has 0 aliphatic heterocycles. The van der Waals surface area contributed by atoms with Gasteiger partial charge in [0, 0.05) is 5.56 Å². The number of nitrogen functional groups attached to an aromatic ring is 1. The highest BCUT2D eigenvalue weighted by atomic mass is 32.1. The Hall–Kier alpha value is -3.25. The van der Waals surface area contributed by atoms with Crippen molar-refractivity contribution in [2.75, 3.05) is 25.6 Å². The van der Waals surface area contributed by atoms with Crippen LogP contribution in [-0.2, 0) is 16.1 Å². The van der Waals surface area contributed by atoms with Crippen LogP contribution in [0.4, 0.5) is 5.00 Å². The molecule has 0 fully saturated rings. The molecule has 0 saturated carbocycles. The number of hydrogen-bond donors (Lipinski definition) is 1. The van der Waals surface area contributed by atoms with Gasteiger partial charge in [0.2, 0.25) is 0 Å². The average molecular weight is 418 g/mol. The summed E-state index contributed by atoms with van der Waals surface area (Å²) in [6, 6.07) is 6.64. The average Bonchev–Trinajstić information content (AvgIpc) is 3.03. The number of ether oxygens (including phenoxy) is 4. The lowest BCUT2D eigenvalue weighted by Crippen LogP contribution is -2.10. The van der Waals surface area contributed by atoms with Gasteiger partial charge in [0.1, 0.15) is 22.6 Å². The number of hydrogen-bond acceptors (Lipinski definition) is 9. The molecule has 0 spiro atoms. The minimum absolute atomic E-state index is 0.104. The first-order chi connectivity index (χ1) is 14.0. The van der Waals surface area contributed by atoms with Crippen LogP contribution >= 0.6 is 11.3 Å². The summed E-state index contributed by atoms with van der Waals surface area (Å²) in [5, 5.41) is 9.50. The predicted molar refractivity (Wildman–Crippen MR) is 107 cm³/mol. The van der Waals surface area contributed by atoms with Crippen molar-refractivity contribution in [3.63, 3.8) is 0 Å². The standard InChI is InChI=1S/C20H22N2O6S/c1-4-25-15-8-7-12(9-16(15)26-5-2)19(23)28-11-14-13(10-21)18(22)29-17(14)20(24)27-6-3/h7-9H,4-6,11,22H2,1-3H3. The van der Waals surface area contributed by atoms with Gasteiger partial charge in [0.15, 0.2) is 11.5 Å². The normalized spacial score (nSPS) is 10.1. The molecule has 29 heavy (non-hydrogen) atoms. The molecule has 1 aromatic carbocycles. The van der Waals surface area contributed by atoms with Crippen molar-refractivity contribution in [1.82, 2.24) is 0 Å². The fraction of sp³-hybridized carbons (Fsp3) is 0.350. The molecule has 0 unspecified atom stereocenters. The van der Waals surface area contributed by atoms with Crippen LogP contribution in [0.2, 0.25) is 0 Å². The third-order valence-electron chi connectivity index (χ3n) is 3.73. The monoisotopic (exact) mass is 418 g/mol. The number of nitrogens with zero attached hydrogens (tertiary/aromatic N) is 1. The maximum atomic E-state index is 12.5. The molecule has 0 bridgehead atoms. The second-order valence-corrected chi connectivity index (χ2v) is 6.64. The summed E-state index contributed by atoms with van der Waals surface area (Å²) in [5.74, 6) is -0.310. The first kappa shape index (κ1) is 22.0. The first-order valence-electron chi connectivity index (χ1n) is 9.01. The summed E-state index contributed by atoms with van der Waals surface area (Å²) >= 11 is 0.930. The smallest absolute Gasteiger partial charge is 0.348 e. The van der Waals surface area contributed by atoms with Crippen LogP contribution in [-0.4, -0.2) is 31.8 Å². The molecule has 2 rings (SSSR count). The number of rotatable bonds is 9. The molecule has 0 aliphatic rings. The molecule has 1 aromatic heterocycles. The van der Waals surface area contributed by atoms with Crippen molar-refractivity contribution in [3.8, 4) is 17.6 Å². The summed E-state index contributed by atoms with van der Waals surface area (Å²) < 4.78 is 21.3. The molecular formula is C20H22N2O6S. The SMILES string of the molecule is CCOC(=O)c1sc(N)c(C#N)c1COC(=O)c1ccc(OCC)c(OCC)c1. The van der Waals surface area contributed by atoms with E-state index in [-0.39, 0.29) is 39.8 Å². The zero-order valence-corrected chi connectivity index (χ0v) is 17.3. The van der Waals surface area contributed by atoms with Gasteiger partial charge in [-0.2, -0.15) is 5.26 Å². The van der Waals surface area contributed by atoms with E-state index in [1.54, 1.807) is 19.1 Å². The second kappa shape index (κ2) is 10.3. The number of nitrogens with two attached hydrogens (primary N) is 1. The summed E-state index contributed by atoms with van der Waals surface area (Å²) in [7, 11) is 0. The lowest BCUT2D eigenvalue weighted by Gasteiger charge is -2.12. The highest BCUT2D eigenvalue weighted by Gasteiger charge is 2.24. The largest absolute Gasteiger partial charge is 0.490 e. The van der Waals surface area contributed by atoms with Crippen LogP contribution in [0.1, 0.15) is 51.9 Å². The molecule has 8 nitrogen and oxygen atoms in total. The first-order valence-corrected chi connectivity index (χ1v) is 9.83. The highest BCUT2D eigenvalue weighted by Crippen LogP contribution is 2.33. The zero-order chi connectivity index (χ0) is 21.4. The second-order valence-electron chi connectivity index (χ2n) is 5.58. The Labute approximate surface area is 172 Å². The number of carbonyl (C=O) groups is 2. The van der Waals surface area contributed by atoms with E-state index < -0.39 is 11.9 Å². The zero-order valence-electron chi connectivity index (χ0n) is 16.4. The Morgan fingerprint density at radius 2 is 1.72 bits per heavy atom. The molecule has 154 valence electrons. The summed E-state index contributed by atoms with van der Waals surface area (Å²) in [6.07, 6.45) is 0. The fourth-order valence-electron chi connectivity index (χ4n) is 2.51. The highest BCUT2D eigenvalue weighted by molar-refractivity contribution is 7.18. The number of thiophene rings is 1. The minimum atomic E-state index is -0.641. The maximum Gasteiger partial charge on any atom is 0.348 e. The van der Waals surface area contributed by atoms with Crippen LogP contribution in [0.25, 0.3) is 0 Å². The quantitative estimate of drug-likeness (QED) is 0.614. The molecule has 0 atom stereocenters. The molecular weight excluding hydrogens is 396 g/mol. The van der Waals surface area contributed by atoms with E-state index in [1.807, 2.05) is 19.9 Å². The van der Waals surface area contributed by atoms with Gasteiger partial charge in [-0.15, -0.1) is 11.3 Å². The lowest BCUT2D eigenvalue weighted by atomic mass is 10.1. The number of esters is 2. The van der Waals surface area contributed by atoms with Crippen LogP contribution in [0.3, 0.4) is 0 Å². The lowest BCUT2D eigenvalue weighted by molar-refractivity contribution is 0.0452. The van der Waals surface area contributed by atoms with Crippen molar-refractivity contribution in [1.29, 1.82) is 5.26 Å². The predicted octanol–water partition coefficient (Wildman–Crippen LogP) is 3.53. The Balaban J connectivity index is 2.24. The van der Waals surface area contributed by atoms with E-state index in [2.05, 4.69) is 0 Å². The van der Waals surface area contributed by atoms with Crippen LogP contribution in [0, 0.1) is 11.3 Å². The minimum Gasteiger partial charge on any atom is -0.490 e. The molecule has 9 heteroatoms. The van der Waals surface area contributed by atoms with Crippen molar-refractivity contribution in [2.45, 2.75) is 27.4 Å². The summed E-state index contributed by atoms with van der Waals surface area (Å²) in [5.41, 5.74) is 6.40. The van der Waals surface area contributed by atoms with E-state index in [9.17, 15) is 14.9 Å². The number of nitriles is 1. The van der Waals surface area contributed by atoms with E-state index in [0.717, 1.165) is 11.3 Å². The van der Waals surface area contributed by atoms with Gasteiger partial charge in [-0.1, -0.05) is 0 Å². The Kier molecular flexibility index (Phi) is 7.86. The molecule has 0 radical (unpaired) electrons. The van der Waals surface area contributed by atoms with E-state index >= 15 is 0 Å². The van der Waals surface area contributed by atoms with Crippen molar-refractivity contribution in [2.24, 2.45) is 0 Å². The maximum absolute atomic E-state index is 12.5. The van der Waals surface area contributed by atoms with Crippen molar-refractivity contribution >= 4 is 28.3 Å². The summed E-state index contributed by atoms with van der Waals surface area (Å²) in [6.45, 7) is 6.07.